The number of nitrogens with zero attached hydrogens (tertiary/aromatic N) is 5. The minimum Gasteiger partial charge on any atom is -0.474 e. The number of ether oxygens (including phenoxy) is 1. The maximum atomic E-state index is 13.3. The van der Waals surface area contributed by atoms with Crippen LogP contribution in [0.4, 0.5) is 0 Å². The number of carbonyl (C=O) groups is 1. The van der Waals surface area contributed by atoms with Crippen LogP contribution in [0, 0.1) is 24.7 Å². The van der Waals surface area contributed by atoms with Crippen LogP contribution in [0.5, 0.6) is 5.88 Å². The molecule has 2 fully saturated rings. The third-order valence-electron chi connectivity index (χ3n) is 7.96. The number of thiazole rings is 1. The molecule has 4 heterocycles. The average molecular weight is 531 g/mol. The Morgan fingerprint density at radius 2 is 1.89 bits per heavy atom. The first-order valence-electron chi connectivity index (χ1n) is 13.4. The van der Waals surface area contributed by atoms with Crippen LogP contribution in [0.1, 0.15) is 66.7 Å². The first-order valence-corrected chi connectivity index (χ1v) is 14.2. The van der Waals surface area contributed by atoms with E-state index in [1.807, 2.05) is 31.7 Å². The molecule has 0 spiro atoms. The Bertz CT molecular complexity index is 1380. The Hall–Kier alpha value is -3.17. The number of fused-ring (bicyclic) bond motifs is 1. The van der Waals surface area contributed by atoms with Gasteiger partial charge in [-0.1, -0.05) is 13.0 Å². The van der Waals surface area contributed by atoms with Crippen molar-refractivity contribution >= 4 is 22.8 Å². The molecule has 3 aliphatic rings. The molecule has 4 atom stereocenters. The molecule has 2 N–H and O–H groups in total. The number of rotatable bonds is 6. The molecule has 3 aromatic heterocycles. The van der Waals surface area contributed by atoms with Gasteiger partial charge < -0.3 is 15.4 Å². The molecule has 1 unspecified atom stereocenters. The highest BCUT2D eigenvalue weighted by molar-refractivity contribution is 7.17. The second-order valence-electron chi connectivity index (χ2n) is 11.5. The highest BCUT2D eigenvalue weighted by Crippen LogP contribution is 2.48. The number of pyridine rings is 1. The van der Waals surface area contributed by atoms with E-state index in [1.165, 1.54) is 23.3 Å². The molecule has 2 aliphatic carbocycles. The van der Waals surface area contributed by atoms with E-state index in [-0.39, 0.29) is 12.0 Å². The second kappa shape index (κ2) is 9.54. The van der Waals surface area contributed by atoms with Crippen molar-refractivity contribution in [2.24, 2.45) is 23.5 Å². The molecule has 1 aliphatic heterocycles. The predicted octanol–water partition coefficient (Wildman–Crippen LogP) is 4.85. The van der Waals surface area contributed by atoms with Crippen LogP contribution < -0.4 is 10.5 Å². The summed E-state index contributed by atoms with van der Waals surface area (Å²) in [6.45, 7) is 9.55. The van der Waals surface area contributed by atoms with E-state index in [9.17, 15) is 4.79 Å². The summed E-state index contributed by atoms with van der Waals surface area (Å²) in [6, 6.07) is 5.87. The second-order valence-corrected chi connectivity index (χ2v) is 12.5. The number of nitrogens with two attached hydrogens (primary N) is 1. The van der Waals surface area contributed by atoms with Crippen molar-refractivity contribution in [2.45, 2.75) is 58.6 Å². The molecule has 1 saturated carbocycles. The summed E-state index contributed by atoms with van der Waals surface area (Å²) in [5, 5.41) is 0.671. The van der Waals surface area contributed by atoms with Gasteiger partial charge in [-0.05, 0) is 69.2 Å². The molecular weight excluding hydrogens is 496 g/mol. The quantitative estimate of drug-likeness (QED) is 0.485. The van der Waals surface area contributed by atoms with Crippen molar-refractivity contribution in [2.75, 3.05) is 13.1 Å². The first-order chi connectivity index (χ1) is 18.2. The molecule has 3 aromatic rings. The zero-order valence-corrected chi connectivity index (χ0v) is 23.2. The molecule has 0 aromatic carbocycles. The van der Waals surface area contributed by atoms with Crippen LogP contribution in [0.3, 0.4) is 0 Å². The zero-order valence-electron chi connectivity index (χ0n) is 22.3. The Balaban J connectivity index is 1.14. The largest absolute Gasteiger partial charge is 0.474 e. The number of amides is 1. The molecule has 8 nitrogen and oxygen atoms in total. The Labute approximate surface area is 227 Å². The lowest BCUT2D eigenvalue weighted by molar-refractivity contribution is 0.0755. The fourth-order valence-corrected chi connectivity index (χ4v) is 6.48. The molecule has 1 amide bonds. The number of allylic oxidation sites excluding steroid dienone is 2. The predicted molar refractivity (Wildman–Crippen MR) is 148 cm³/mol. The van der Waals surface area contributed by atoms with Crippen molar-refractivity contribution in [1.82, 2.24) is 24.8 Å². The minimum absolute atomic E-state index is 0.0267. The summed E-state index contributed by atoms with van der Waals surface area (Å²) in [5.74, 6) is 2.56. The van der Waals surface area contributed by atoms with E-state index in [4.69, 9.17) is 15.5 Å². The third kappa shape index (κ3) is 4.85. The zero-order chi connectivity index (χ0) is 26.6. The lowest BCUT2D eigenvalue weighted by Crippen LogP contribution is -2.33. The number of aryl methyl sites for hydroxylation is 1. The highest BCUT2D eigenvalue weighted by Gasteiger charge is 2.59. The normalized spacial score (nSPS) is 24.7. The maximum Gasteiger partial charge on any atom is 0.265 e. The van der Waals surface area contributed by atoms with Crippen LogP contribution in [-0.4, -0.2) is 49.9 Å². The van der Waals surface area contributed by atoms with Crippen LogP contribution in [-0.2, 0) is 5.54 Å². The Morgan fingerprint density at radius 3 is 2.55 bits per heavy atom. The van der Waals surface area contributed by atoms with Crippen molar-refractivity contribution in [3.05, 3.63) is 58.5 Å². The van der Waals surface area contributed by atoms with Gasteiger partial charge in [0.15, 0.2) is 10.8 Å². The summed E-state index contributed by atoms with van der Waals surface area (Å²) in [6.07, 6.45) is 9.05. The van der Waals surface area contributed by atoms with Gasteiger partial charge in [0, 0.05) is 48.9 Å². The Kier molecular flexibility index (Phi) is 6.31. The highest BCUT2D eigenvalue weighted by atomic mass is 32.1. The van der Waals surface area contributed by atoms with E-state index >= 15 is 0 Å². The topological polar surface area (TPSA) is 107 Å². The molecule has 6 rings (SSSR count). The fourth-order valence-electron chi connectivity index (χ4n) is 5.50. The number of piperidine rings is 1. The monoisotopic (exact) mass is 530 g/mol. The van der Waals surface area contributed by atoms with Gasteiger partial charge >= 0.3 is 0 Å². The molecule has 0 radical (unpaired) electrons. The molecule has 38 heavy (non-hydrogen) atoms. The SMILES string of the molecule is Cc1nc(-c2ncccn2)sc1C(=O)N1C[C@@H]2[C@H](C1)[C@@H]2Oc1cc(C(C)(C)N)cc(C2=CCC(C)CC2)n1. The summed E-state index contributed by atoms with van der Waals surface area (Å²) in [5.41, 5.74) is 10.0. The lowest BCUT2D eigenvalue weighted by Gasteiger charge is -2.24. The van der Waals surface area contributed by atoms with Crippen LogP contribution in [0.2, 0.25) is 0 Å². The van der Waals surface area contributed by atoms with Gasteiger partial charge in [0.05, 0.1) is 11.4 Å². The smallest absolute Gasteiger partial charge is 0.265 e. The average Bonchev–Trinajstić information content (AvgIpc) is 3.22. The summed E-state index contributed by atoms with van der Waals surface area (Å²) in [7, 11) is 0. The van der Waals surface area contributed by atoms with E-state index < -0.39 is 5.54 Å². The van der Waals surface area contributed by atoms with E-state index in [0.717, 1.165) is 29.8 Å². The van der Waals surface area contributed by atoms with Gasteiger partial charge in [-0.25, -0.2) is 19.9 Å². The number of carbonyl (C=O) groups excluding carboxylic acids is 1. The first kappa shape index (κ1) is 25.1. The molecule has 9 heteroatoms. The molecule has 1 saturated heterocycles. The van der Waals surface area contributed by atoms with E-state index in [1.54, 1.807) is 18.5 Å². The third-order valence-corrected chi connectivity index (χ3v) is 9.10. The molecular formula is C29H34N6O2S. The van der Waals surface area contributed by atoms with Crippen LogP contribution >= 0.6 is 11.3 Å². The van der Waals surface area contributed by atoms with E-state index in [2.05, 4.69) is 34.0 Å². The van der Waals surface area contributed by atoms with Crippen LogP contribution in [0.25, 0.3) is 16.4 Å². The lowest BCUT2D eigenvalue weighted by atomic mass is 9.88. The minimum atomic E-state index is -0.489. The van der Waals surface area contributed by atoms with Gasteiger partial charge in [-0.3, -0.25) is 4.79 Å². The summed E-state index contributed by atoms with van der Waals surface area (Å²) in [4.78, 5) is 33.9. The number of hydrogen-bond acceptors (Lipinski definition) is 8. The van der Waals surface area contributed by atoms with E-state index in [0.29, 0.717) is 52.4 Å². The number of likely N-dealkylation sites (tertiary alicyclic amines) is 1. The summed E-state index contributed by atoms with van der Waals surface area (Å²) < 4.78 is 6.44. The summed E-state index contributed by atoms with van der Waals surface area (Å²) >= 11 is 1.36. The van der Waals surface area contributed by atoms with Gasteiger partial charge in [0.25, 0.3) is 5.91 Å². The fraction of sp³-hybridized carbons (Fsp3) is 0.483. The number of hydrogen-bond donors (Lipinski definition) is 1. The molecule has 0 bridgehead atoms. The van der Waals surface area contributed by atoms with Gasteiger partial charge in [-0.2, -0.15) is 0 Å². The Morgan fingerprint density at radius 1 is 1.16 bits per heavy atom. The van der Waals surface area contributed by atoms with Crippen molar-refractivity contribution in [1.29, 1.82) is 0 Å². The standard InChI is InChI=1S/C29H34N6O2S/c1-16-6-8-18(9-7-16)22-12-19(29(3,4)30)13-23(34-22)37-24-20-14-35(15-21(20)24)28(36)25-17(2)33-27(38-25)26-31-10-5-11-32-26/h5,8,10-13,16,20-21,24H,6-7,9,14-15,30H2,1-4H3/t16?,20-,21+,24-. The van der Waals surface area contributed by atoms with Crippen molar-refractivity contribution < 1.29 is 9.53 Å². The van der Waals surface area contributed by atoms with Crippen LogP contribution in [0.15, 0.2) is 36.7 Å². The van der Waals surface area contributed by atoms with Gasteiger partial charge in [0.1, 0.15) is 11.0 Å². The molecule has 198 valence electrons. The van der Waals surface area contributed by atoms with Crippen molar-refractivity contribution in [3.63, 3.8) is 0 Å². The van der Waals surface area contributed by atoms with Gasteiger partial charge in [-0.15, -0.1) is 11.3 Å². The number of aromatic nitrogens is 4. The maximum absolute atomic E-state index is 13.3. The van der Waals surface area contributed by atoms with Crippen molar-refractivity contribution in [3.8, 4) is 16.7 Å². The van der Waals surface area contributed by atoms with Gasteiger partial charge in [0.2, 0.25) is 5.88 Å².